The number of hydrogen-bond donors (Lipinski definition) is 0. The second kappa shape index (κ2) is 6.61. The molecule has 4 aromatic rings. The van der Waals surface area contributed by atoms with Gasteiger partial charge in [0.2, 0.25) is 0 Å². The molecule has 1 fully saturated rings. The lowest BCUT2D eigenvalue weighted by atomic mass is 9.97. The van der Waals surface area contributed by atoms with E-state index in [1.54, 1.807) is 18.3 Å². The molecule has 1 saturated carbocycles. The highest BCUT2D eigenvalue weighted by Gasteiger charge is 2.26. The minimum Gasteiger partial charge on any atom is -0.327 e. The van der Waals surface area contributed by atoms with Gasteiger partial charge in [0.25, 0.3) is 0 Å². The summed E-state index contributed by atoms with van der Waals surface area (Å²) in [6.07, 6.45) is 6.10. The summed E-state index contributed by atoms with van der Waals surface area (Å²) in [5, 5.41) is 10.6. The Morgan fingerprint density at radius 1 is 1.11 bits per heavy atom. The zero-order valence-corrected chi connectivity index (χ0v) is 15.3. The molecule has 0 atom stereocenters. The molecule has 0 aliphatic heterocycles. The Bertz CT molecular complexity index is 1230. The summed E-state index contributed by atoms with van der Waals surface area (Å²) < 4.78 is 16.1. The van der Waals surface area contributed by atoms with Crippen LogP contribution in [0.3, 0.4) is 0 Å². The van der Waals surface area contributed by atoms with Gasteiger partial charge in [-0.25, -0.2) is 9.37 Å². The highest BCUT2D eigenvalue weighted by molar-refractivity contribution is 5.94. The second-order valence-electron chi connectivity index (χ2n) is 7.32. The van der Waals surface area contributed by atoms with E-state index in [1.807, 2.05) is 35.0 Å². The van der Waals surface area contributed by atoms with Crippen molar-refractivity contribution in [2.45, 2.75) is 25.3 Å². The fraction of sp³-hybridized carbons (Fsp3) is 0.167. The summed E-state index contributed by atoms with van der Waals surface area (Å²) in [6.45, 7) is 0.408. The first-order chi connectivity index (χ1) is 13.7. The molecular weight excluding hydrogens is 349 g/mol. The molecule has 0 N–H and O–H groups in total. The summed E-state index contributed by atoms with van der Waals surface area (Å²) in [5.74, 6) is 0.315. The van der Waals surface area contributed by atoms with E-state index in [4.69, 9.17) is 0 Å². The first kappa shape index (κ1) is 16.7. The van der Waals surface area contributed by atoms with Crippen LogP contribution >= 0.6 is 0 Å². The third-order valence-corrected chi connectivity index (χ3v) is 5.43. The van der Waals surface area contributed by atoms with Gasteiger partial charge in [0, 0.05) is 28.9 Å². The van der Waals surface area contributed by atoms with Gasteiger partial charge < -0.3 is 4.57 Å². The number of nitrogens with zero attached hydrogens (tertiary/aromatic N) is 3. The number of rotatable bonds is 4. The molecule has 3 nitrogen and oxygen atoms in total. The van der Waals surface area contributed by atoms with E-state index < -0.39 is 0 Å². The van der Waals surface area contributed by atoms with Crippen LogP contribution in [0.4, 0.5) is 4.39 Å². The molecule has 2 aromatic heterocycles. The van der Waals surface area contributed by atoms with Crippen molar-refractivity contribution < 1.29 is 4.39 Å². The average molecular weight is 367 g/mol. The van der Waals surface area contributed by atoms with Crippen molar-refractivity contribution in [1.82, 2.24) is 9.55 Å². The van der Waals surface area contributed by atoms with Gasteiger partial charge in [-0.3, -0.25) is 0 Å². The molecule has 0 unspecified atom stereocenters. The highest BCUT2D eigenvalue weighted by Crippen LogP contribution is 2.42. The van der Waals surface area contributed by atoms with E-state index >= 15 is 0 Å². The van der Waals surface area contributed by atoms with Gasteiger partial charge in [-0.15, -0.1) is 0 Å². The number of fused-ring (bicyclic) bond motifs is 1. The maximum Gasteiger partial charge on any atom is 0.140 e. The standard InChI is InChI=1S/C24H18FN3/c25-23-6-2-1-4-18(23)14-28-15-22(21-5-3-11-27-24(21)28)17-9-10-20(16-7-8-16)19(12-17)13-26/h1-6,9-12,15-16H,7-8,14H2. The van der Waals surface area contributed by atoms with Crippen LogP contribution in [0.1, 0.15) is 35.4 Å². The number of aromatic nitrogens is 2. The average Bonchev–Trinajstić information content (AvgIpc) is 3.51. The van der Waals surface area contributed by atoms with Crippen molar-refractivity contribution >= 4 is 11.0 Å². The lowest BCUT2D eigenvalue weighted by Crippen LogP contribution is -2.01. The van der Waals surface area contributed by atoms with Crippen LogP contribution in [0.25, 0.3) is 22.2 Å². The predicted molar refractivity (Wildman–Crippen MR) is 107 cm³/mol. The number of halogens is 1. The van der Waals surface area contributed by atoms with Crippen LogP contribution in [0, 0.1) is 17.1 Å². The van der Waals surface area contributed by atoms with Crippen LogP contribution in [-0.2, 0) is 6.54 Å². The molecule has 28 heavy (non-hydrogen) atoms. The van der Waals surface area contributed by atoms with Crippen LogP contribution in [0.2, 0.25) is 0 Å². The molecule has 0 bridgehead atoms. The minimum atomic E-state index is -0.220. The summed E-state index contributed by atoms with van der Waals surface area (Å²) >= 11 is 0. The SMILES string of the molecule is N#Cc1cc(-c2cn(Cc3ccccc3F)c3ncccc23)ccc1C1CC1. The van der Waals surface area contributed by atoms with Crippen LogP contribution in [0.5, 0.6) is 0 Å². The molecule has 4 heteroatoms. The van der Waals surface area contributed by atoms with Crippen molar-refractivity contribution in [2.75, 3.05) is 0 Å². The van der Waals surface area contributed by atoms with Gasteiger partial charge in [-0.2, -0.15) is 5.26 Å². The molecule has 2 heterocycles. The van der Waals surface area contributed by atoms with Crippen molar-refractivity contribution in [3.8, 4) is 17.2 Å². The predicted octanol–water partition coefficient (Wildman–Crippen LogP) is 5.64. The Balaban J connectivity index is 1.63. The maximum absolute atomic E-state index is 14.2. The third kappa shape index (κ3) is 2.86. The summed E-state index contributed by atoms with van der Waals surface area (Å²) in [4.78, 5) is 4.53. The quantitative estimate of drug-likeness (QED) is 0.468. The Morgan fingerprint density at radius 3 is 2.75 bits per heavy atom. The smallest absolute Gasteiger partial charge is 0.140 e. The molecule has 1 aliphatic rings. The number of pyridine rings is 1. The van der Waals surface area contributed by atoms with Gasteiger partial charge >= 0.3 is 0 Å². The zero-order valence-electron chi connectivity index (χ0n) is 15.3. The molecule has 136 valence electrons. The van der Waals surface area contributed by atoms with E-state index in [0.29, 0.717) is 18.0 Å². The van der Waals surface area contributed by atoms with Crippen LogP contribution in [-0.4, -0.2) is 9.55 Å². The van der Waals surface area contributed by atoms with Crippen molar-refractivity contribution in [2.24, 2.45) is 0 Å². The van der Waals surface area contributed by atoms with Crippen molar-refractivity contribution in [3.05, 3.63) is 89.5 Å². The van der Waals surface area contributed by atoms with E-state index in [9.17, 15) is 9.65 Å². The van der Waals surface area contributed by atoms with Crippen LogP contribution < -0.4 is 0 Å². The molecule has 0 saturated heterocycles. The number of benzene rings is 2. The van der Waals surface area contributed by atoms with E-state index in [2.05, 4.69) is 23.2 Å². The van der Waals surface area contributed by atoms with Gasteiger partial charge in [0.15, 0.2) is 0 Å². The normalized spacial score (nSPS) is 13.6. The number of hydrogen-bond acceptors (Lipinski definition) is 2. The number of nitriles is 1. The topological polar surface area (TPSA) is 41.6 Å². The summed E-state index contributed by atoms with van der Waals surface area (Å²) in [6, 6.07) is 19.2. The molecule has 2 aromatic carbocycles. The van der Waals surface area contributed by atoms with Gasteiger partial charge in [0.05, 0.1) is 18.2 Å². The Kier molecular flexibility index (Phi) is 3.95. The van der Waals surface area contributed by atoms with Gasteiger partial charge in [-0.1, -0.05) is 30.3 Å². The summed E-state index contributed by atoms with van der Waals surface area (Å²) in [7, 11) is 0. The van der Waals surface area contributed by atoms with Crippen molar-refractivity contribution in [3.63, 3.8) is 0 Å². The third-order valence-electron chi connectivity index (χ3n) is 5.43. The Morgan fingerprint density at radius 2 is 1.96 bits per heavy atom. The van der Waals surface area contributed by atoms with E-state index in [-0.39, 0.29) is 5.82 Å². The molecule has 0 radical (unpaired) electrons. The molecular formula is C24H18FN3. The van der Waals surface area contributed by atoms with E-state index in [1.165, 1.54) is 18.9 Å². The minimum absolute atomic E-state index is 0.220. The fourth-order valence-electron chi connectivity index (χ4n) is 3.85. The molecule has 5 rings (SSSR count). The molecule has 1 aliphatic carbocycles. The Hall–Kier alpha value is -3.45. The largest absolute Gasteiger partial charge is 0.327 e. The summed E-state index contributed by atoms with van der Waals surface area (Å²) in [5.41, 5.74) is 5.34. The first-order valence-corrected chi connectivity index (χ1v) is 9.46. The fourth-order valence-corrected chi connectivity index (χ4v) is 3.85. The van der Waals surface area contributed by atoms with Crippen molar-refractivity contribution in [1.29, 1.82) is 5.26 Å². The molecule has 0 amide bonds. The second-order valence-corrected chi connectivity index (χ2v) is 7.32. The van der Waals surface area contributed by atoms with Crippen LogP contribution in [0.15, 0.2) is 67.0 Å². The van der Waals surface area contributed by atoms with Gasteiger partial charge in [0.1, 0.15) is 11.5 Å². The monoisotopic (exact) mass is 367 g/mol. The van der Waals surface area contributed by atoms with Gasteiger partial charge in [-0.05, 0) is 54.2 Å². The van der Waals surface area contributed by atoms with E-state index in [0.717, 1.165) is 33.3 Å². The zero-order chi connectivity index (χ0) is 19.1. The first-order valence-electron chi connectivity index (χ1n) is 9.46. The lowest BCUT2D eigenvalue weighted by molar-refractivity contribution is 0.601. The lowest BCUT2D eigenvalue weighted by Gasteiger charge is -2.06. The highest BCUT2D eigenvalue weighted by atomic mass is 19.1. The molecule has 0 spiro atoms. The Labute approximate surface area is 162 Å². The maximum atomic E-state index is 14.2.